The Morgan fingerprint density at radius 3 is 3.17 bits per heavy atom. The molecule has 0 bridgehead atoms. The summed E-state index contributed by atoms with van der Waals surface area (Å²) < 4.78 is 11.3. The van der Waals surface area contributed by atoms with E-state index in [0.717, 1.165) is 26.0 Å². The lowest BCUT2D eigenvalue weighted by Gasteiger charge is -2.32. The molecule has 0 saturated carbocycles. The van der Waals surface area contributed by atoms with E-state index in [9.17, 15) is 4.79 Å². The van der Waals surface area contributed by atoms with Gasteiger partial charge in [0.2, 0.25) is 11.8 Å². The topological polar surface area (TPSA) is 72.9 Å². The van der Waals surface area contributed by atoms with Gasteiger partial charge >= 0.3 is 0 Å². The zero-order chi connectivity index (χ0) is 15.9. The first-order valence-corrected chi connectivity index (χ1v) is 8.14. The van der Waals surface area contributed by atoms with Gasteiger partial charge in [-0.15, -0.1) is 0 Å². The number of nitrogens with zero attached hydrogens (tertiary/aromatic N) is 2. The highest BCUT2D eigenvalue weighted by Crippen LogP contribution is 2.15. The number of nitrogens with one attached hydrogen (secondary N) is 1. The minimum absolute atomic E-state index is 0.0158. The van der Waals surface area contributed by atoms with Crippen molar-refractivity contribution in [3.63, 3.8) is 0 Å². The standard InChI is InChI=1S/C16H23N3O4/c20-15(5-9-19-8-3-10-22-19)18-13-6-11-21-12-14(13)23-16-4-1-2-7-17-16/h1-2,4,7,13-14H,3,5-6,8-12H2,(H,18,20)/t13-,14-/m1/s1. The van der Waals surface area contributed by atoms with Gasteiger partial charge in [-0.3, -0.25) is 9.63 Å². The molecule has 2 aliphatic heterocycles. The van der Waals surface area contributed by atoms with Crippen molar-refractivity contribution in [3.8, 4) is 5.88 Å². The molecule has 2 fully saturated rings. The van der Waals surface area contributed by atoms with Crippen molar-refractivity contribution in [2.24, 2.45) is 0 Å². The van der Waals surface area contributed by atoms with Gasteiger partial charge in [0.1, 0.15) is 6.10 Å². The Hall–Kier alpha value is -1.70. The highest BCUT2D eigenvalue weighted by molar-refractivity contribution is 5.76. The summed E-state index contributed by atoms with van der Waals surface area (Å²) in [6, 6.07) is 5.45. The predicted octanol–water partition coefficient (Wildman–Crippen LogP) is 0.762. The largest absolute Gasteiger partial charge is 0.470 e. The number of carbonyl (C=O) groups excluding carboxylic acids is 1. The van der Waals surface area contributed by atoms with E-state index in [1.165, 1.54) is 0 Å². The second kappa shape index (κ2) is 8.24. The van der Waals surface area contributed by atoms with Crippen LogP contribution in [-0.4, -0.2) is 61.0 Å². The second-order valence-corrected chi connectivity index (χ2v) is 5.73. The smallest absolute Gasteiger partial charge is 0.221 e. The molecule has 7 nitrogen and oxygen atoms in total. The predicted molar refractivity (Wildman–Crippen MR) is 82.8 cm³/mol. The number of rotatable bonds is 6. The number of carbonyl (C=O) groups is 1. The Kier molecular flexibility index (Phi) is 5.79. The molecule has 0 radical (unpaired) electrons. The number of hydroxylamine groups is 2. The first-order valence-electron chi connectivity index (χ1n) is 8.14. The molecule has 23 heavy (non-hydrogen) atoms. The molecule has 2 aliphatic rings. The molecule has 1 aromatic heterocycles. The first kappa shape index (κ1) is 16.2. The summed E-state index contributed by atoms with van der Waals surface area (Å²) in [5.41, 5.74) is 0. The van der Waals surface area contributed by atoms with Crippen LogP contribution in [0.15, 0.2) is 24.4 Å². The number of hydrogen-bond donors (Lipinski definition) is 1. The Balaban J connectivity index is 1.48. The quantitative estimate of drug-likeness (QED) is 0.834. The monoisotopic (exact) mass is 321 g/mol. The number of hydrogen-bond acceptors (Lipinski definition) is 6. The van der Waals surface area contributed by atoms with Crippen LogP contribution in [0.4, 0.5) is 0 Å². The molecule has 3 heterocycles. The lowest BCUT2D eigenvalue weighted by atomic mass is 10.1. The van der Waals surface area contributed by atoms with Crippen molar-refractivity contribution >= 4 is 5.91 Å². The third-order valence-corrected chi connectivity index (χ3v) is 3.97. The van der Waals surface area contributed by atoms with Crippen molar-refractivity contribution in [2.45, 2.75) is 31.4 Å². The normalized spacial score (nSPS) is 25.2. The van der Waals surface area contributed by atoms with Gasteiger partial charge in [-0.2, -0.15) is 5.06 Å². The van der Waals surface area contributed by atoms with Crippen LogP contribution in [0.3, 0.4) is 0 Å². The van der Waals surface area contributed by atoms with E-state index in [4.69, 9.17) is 14.3 Å². The molecule has 0 spiro atoms. The van der Waals surface area contributed by atoms with Gasteiger partial charge in [0.25, 0.3) is 0 Å². The number of amides is 1. The van der Waals surface area contributed by atoms with Crippen LogP contribution in [0, 0.1) is 0 Å². The molecular weight excluding hydrogens is 298 g/mol. The summed E-state index contributed by atoms with van der Waals surface area (Å²) in [5.74, 6) is 0.565. The Bertz CT molecular complexity index is 493. The highest BCUT2D eigenvalue weighted by Gasteiger charge is 2.29. The number of aromatic nitrogens is 1. The number of pyridine rings is 1. The molecule has 126 valence electrons. The molecule has 0 unspecified atom stereocenters. The van der Waals surface area contributed by atoms with Gasteiger partial charge in [0.15, 0.2) is 0 Å². The van der Waals surface area contributed by atoms with Gasteiger partial charge in [-0.05, 0) is 18.9 Å². The van der Waals surface area contributed by atoms with E-state index in [1.54, 1.807) is 12.3 Å². The Labute approximate surface area is 135 Å². The van der Waals surface area contributed by atoms with Crippen LogP contribution < -0.4 is 10.1 Å². The van der Waals surface area contributed by atoms with Gasteiger partial charge in [0, 0.05) is 38.4 Å². The van der Waals surface area contributed by atoms with Gasteiger partial charge in [-0.1, -0.05) is 6.07 Å². The highest BCUT2D eigenvalue weighted by atomic mass is 16.7. The van der Waals surface area contributed by atoms with E-state index in [0.29, 0.717) is 32.1 Å². The summed E-state index contributed by atoms with van der Waals surface area (Å²) in [5, 5.41) is 4.91. The van der Waals surface area contributed by atoms with E-state index < -0.39 is 0 Å². The Morgan fingerprint density at radius 2 is 2.39 bits per heavy atom. The Morgan fingerprint density at radius 1 is 1.43 bits per heavy atom. The zero-order valence-corrected chi connectivity index (χ0v) is 13.1. The van der Waals surface area contributed by atoms with E-state index in [1.807, 2.05) is 17.2 Å². The molecule has 3 rings (SSSR count). The fourth-order valence-corrected chi connectivity index (χ4v) is 2.75. The summed E-state index contributed by atoms with van der Waals surface area (Å²) in [6.07, 6.45) is 3.66. The molecule has 1 amide bonds. The van der Waals surface area contributed by atoms with Crippen molar-refractivity contribution in [2.75, 3.05) is 32.9 Å². The van der Waals surface area contributed by atoms with Crippen LogP contribution in [0.25, 0.3) is 0 Å². The maximum absolute atomic E-state index is 12.2. The molecule has 0 aliphatic carbocycles. The summed E-state index contributed by atoms with van der Waals surface area (Å²) in [6.45, 7) is 3.36. The van der Waals surface area contributed by atoms with Gasteiger partial charge in [0.05, 0.1) is 19.3 Å². The number of ether oxygens (including phenoxy) is 2. The molecule has 7 heteroatoms. The third kappa shape index (κ3) is 4.89. The second-order valence-electron chi connectivity index (χ2n) is 5.73. The van der Waals surface area contributed by atoms with Crippen molar-refractivity contribution in [3.05, 3.63) is 24.4 Å². The average molecular weight is 321 g/mol. The van der Waals surface area contributed by atoms with Crippen LogP contribution in [0.5, 0.6) is 5.88 Å². The molecule has 0 aromatic carbocycles. The van der Waals surface area contributed by atoms with Crippen molar-refractivity contribution < 1.29 is 19.1 Å². The lowest BCUT2D eigenvalue weighted by Crippen LogP contribution is -2.51. The molecule has 2 atom stereocenters. The third-order valence-electron chi connectivity index (χ3n) is 3.97. The van der Waals surface area contributed by atoms with Crippen LogP contribution in [-0.2, 0) is 14.4 Å². The average Bonchev–Trinajstić information content (AvgIpc) is 3.09. The van der Waals surface area contributed by atoms with E-state index in [-0.39, 0.29) is 18.1 Å². The molecule has 2 saturated heterocycles. The fraction of sp³-hybridized carbons (Fsp3) is 0.625. The van der Waals surface area contributed by atoms with Crippen molar-refractivity contribution in [1.29, 1.82) is 0 Å². The molecule has 1 aromatic rings. The SMILES string of the molecule is O=C(CCN1CCCO1)N[C@@H]1CCOC[C@H]1Oc1ccccn1. The van der Waals surface area contributed by atoms with E-state index in [2.05, 4.69) is 10.3 Å². The summed E-state index contributed by atoms with van der Waals surface area (Å²) in [4.78, 5) is 21.7. The lowest BCUT2D eigenvalue weighted by molar-refractivity contribution is -0.132. The minimum Gasteiger partial charge on any atom is -0.470 e. The van der Waals surface area contributed by atoms with Crippen LogP contribution in [0.2, 0.25) is 0 Å². The molecule has 1 N–H and O–H groups in total. The fourth-order valence-electron chi connectivity index (χ4n) is 2.75. The summed E-state index contributed by atoms with van der Waals surface area (Å²) >= 11 is 0. The van der Waals surface area contributed by atoms with Gasteiger partial charge < -0.3 is 14.8 Å². The van der Waals surface area contributed by atoms with Crippen LogP contribution >= 0.6 is 0 Å². The first-order chi connectivity index (χ1) is 11.3. The van der Waals surface area contributed by atoms with Crippen LogP contribution in [0.1, 0.15) is 19.3 Å². The van der Waals surface area contributed by atoms with Gasteiger partial charge in [-0.25, -0.2) is 4.98 Å². The minimum atomic E-state index is -0.217. The summed E-state index contributed by atoms with van der Waals surface area (Å²) in [7, 11) is 0. The maximum Gasteiger partial charge on any atom is 0.221 e. The van der Waals surface area contributed by atoms with Crippen molar-refractivity contribution in [1.82, 2.24) is 15.4 Å². The maximum atomic E-state index is 12.2. The zero-order valence-electron chi connectivity index (χ0n) is 13.1. The molecular formula is C16H23N3O4. The van der Waals surface area contributed by atoms with E-state index >= 15 is 0 Å².